The smallest absolute Gasteiger partial charge is 0.330 e. The summed E-state index contributed by atoms with van der Waals surface area (Å²) in [6.07, 6.45) is -4.96. The number of hydrogen-bond donors (Lipinski definition) is 4. The zero-order valence-electron chi connectivity index (χ0n) is 19.9. The average molecular weight is 504 g/mol. The fourth-order valence-corrected chi connectivity index (χ4v) is 3.44. The summed E-state index contributed by atoms with van der Waals surface area (Å²) < 4.78 is 26.6. The summed E-state index contributed by atoms with van der Waals surface area (Å²) in [5, 5.41) is 40.5. The molecule has 0 bridgehead atoms. The van der Waals surface area contributed by atoms with Crippen LogP contribution in [0.1, 0.15) is 22.8 Å². The fourth-order valence-electron chi connectivity index (χ4n) is 3.44. The maximum atomic E-state index is 12.2. The highest BCUT2D eigenvalue weighted by Gasteiger charge is 2.45. The first kappa shape index (κ1) is 27.0. The van der Waals surface area contributed by atoms with E-state index in [1.165, 1.54) is 57.6 Å². The average Bonchev–Trinajstić information content (AvgIpc) is 2.87. The number of aromatic hydroxyl groups is 1. The van der Waals surface area contributed by atoms with Crippen LogP contribution in [-0.2, 0) is 14.3 Å². The number of carbonyl (C=O) groups is 2. The van der Waals surface area contributed by atoms with Gasteiger partial charge in [-0.25, -0.2) is 4.79 Å². The number of rotatable bonds is 9. The maximum Gasteiger partial charge on any atom is 0.330 e. The number of Topliss-reactive ketones (excluding diaryl/α,β-unsaturated/α-hetero) is 1. The normalized spacial score (nSPS) is 23.8. The Balaban J connectivity index is 1.65. The molecule has 0 aromatic heterocycles. The van der Waals surface area contributed by atoms with Crippen molar-refractivity contribution >= 4 is 17.8 Å². The third-order valence-corrected chi connectivity index (χ3v) is 5.49. The zero-order valence-corrected chi connectivity index (χ0v) is 19.9. The molecule has 2 aromatic rings. The largest absolute Gasteiger partial charge is 0.504 e. The Morgan fingerprint density at radius 1 is 0.944 bits per heavy atom. The molecule has 4 N–H and O–H groups in total. The van der Waals surface area contributed by atoms with E-state index in [4.69, 9.17) is 23.7 Å². The summed E-state index contributed by atoms with van der Waals surface area (Å²) in [7, 11) is 2.76. The number of aliphatic hydroxyl groups is 3. The lowest BCUT2D eigenvalue weighted by molar-refractivity contribution is -0.278. The number of ether oxygens (including phenoxy) is 5. The van der Waals surface area contributed by atoms with E-state index in [0.29, 0.717) is 11.1 Å². The molecule has 11 heteroatoms. The van der Waals surface area contributed by atoms with Crippen LogP contribution in [0, 0.1) is 0 Å². The molecule has 2 aromatic carbocycles. The number of hydrogen-bond acceptors (Lipinski definition) is 11. The number of carbonyl (C=O) groups excluding carboxylic acids is 2. The number of methoxy groups -OCH3 is 2. The molecule has 0 unspecified atom stereocenters. The Morgan fingerprint density at radius 3 is 2.33 bits per heavy atom. The first-order valence-corrected chi connectivity index (χ1v) is 10.9. The minimum atomic E-state index is -1.66. The van der Waals surface area contributed by atoms with E-state index in [1.54, 1.807) is 6.07 Å². The van der Waals surface area contributed by atoms with Gasteiger partial charge in [0, 0.05) is 11.6 Å². The highest BCUT2D eigenvalue weighted by atomic mass is 16.7. The summed E-state index contributed by atoms with van der Waals surface area (Å²) in [6.45, 7) is 0.941. The maximum absolute atomic E-state index is 12.2. The molecule has 0 spiro atoms. The number of benzene rings is 2. The molecule has 3 rings (SSSR count). The van der Waals surface area contributed by atoms with E-state index in [9.17, 15) is 30.0 Å². The number of aliphatic hydroxyl groups excluding tert-OH is 3. The quantitative estimate of drug-likeness (QED) is 0.219. The monoisotopic (exact) mass is 504 g/mol. The molecule has 1 aliphatic rings. The highest BCUT2D eigenvalue weighted by molar-refractivity contribution is 5.94. The predicted molar refractivity (Wildman–Crippen MR) is 125 cm³/mol. The van der Waals surface area contributed by atoms with Crippen molar-refractivity contribution in [1.82, 2.24) is 0 Å². The topological polar surface area (TPSA) is 161 Å². The van der Waals surface area contributed by atoms with Crippen molar-refractivity contribution in [2.45, 2.75) is 37.6 Å². The number of esters is 1. The molecule has 5 atom stereocenters. The molecule has 0 aliphatic carbocycles. The Morgan fingerprint density at radius 2 is 1.67 bits per heavy atom. The first-order chi connectivity index (χ1) is 17.1. The van der Waals surface area contributed by atoms with Gasteiger partial charge in [0.15, 0.2) is 28.8 Å². The summed E-state index contributed by atoms with van der Waals surface area (Å²) in [5.74, 6) is -0.456. The molecule has 194 valence electrons. The van der Waals surface area contributed by atoms with E-state index in [-0.39, 0.29) is 28.8 Å². The van der Waals surface area contributed by atoms with Gasteiger partial charge in [0.25, 0.3) is 0 Å². The van der Waals surface area contributed by atoms with Crippen LogP contribution in [0.2, 0.25) is 0 Å². The van der Waals surface area contributed by atoms with Crippen LogP contribution in [0.25, 0.3) is 6.08 Å². The molecule has 1 fully saturated rings. The van der Waals surface area contributed by atoms with E-state index in [0.717, 1.165) is 6.08 Å². The van der Waals surface area contributed by atoms with Crippen molar-refractivity contribution in [1.29, 1.82) is 0 Å². The van der Waals surface area contributed by atoms with E-state index in [2.05, 4.69) is 0 Å². The predicted octanol–water partition coefficient (Wildman–Crippen LogP) is 1.05. The van der Waals surface area contributed by atoms with Crippen molar-refractivity contribution in [3.63, 3.8) is 0 Å². The molecule has 11 nitrogen and oxygen atoms in total. The van der Waals surface area contributed by atoms with Gasteiger partial charge in [0.1, 0.15) is 31.0 Å². The number of phenolic OH excluding ortho intramolecular Hbond substituents is 1. The van der Waals surface area contributed by atoms with Gasteiger partial charge in [-0.2, -0.15) is 0 Å². The Hall–Kier alpha value is -3.64. The van der Waals surface area contributed by atoms with Crippen LogP contribution < -0.4 is 14.2 Å². The molecule has 36 heavy (non-hydrogen) atoms. The summed E-state index contributed by atoms with van der Waals surface area (Å²) >= 11 is 0. The minimum absolute atomic E-state index is 0.0504. The minimum Gasteiger partial charge on any atom is -0.504 e. The number of phenols is 1. The molecule has 1 heterocycles. The van der Waals surface area contributed by atoms with Crippen molar-refractivity contribution in [2.75, 3.05) is 20.8 Å². The second-order valence-corrected chi connectivity index (χ2v) is 7.95. The van der Waals surface area contributed by atoms with Gasteiger partial charge in [-0.1, -0.05) is 6.07 Å². The highest BCUT2D eigenvalue weighted by Crippen LogP contribution is 2.32. The third-order valence-electron chi connectivity index (χ3n) is 5.49. The van der Waals surface area contributed by atoms with Crippen LogP contribution in [0.4, 0.5) is 0 Å². The molecule has 0 amide bonds. The van der Waals surface area contributed by atoms with Gasteiger partial charge in [0.05, 0.1) is 14.2 Å². The summed E-state index contributed by atoms with van der Waals surface area (Å²) in [6, 6.07) is 8.88. The molecule has 0 saturated carbocycles. The third kappa shape index (κ3) is 6.32. The summed E-state index contributed by atoms with van der Waals surface area (Å²) in [5.41, 5.74) is 0.940. The van der Waals surface area contributed by atoms with Crippen LogP contribution in [0.15, 0.2) is 42.5 Å². The lowest BCUT2D eigenvalue weighted by Crippen LogP contribution is -2.60. The molecular formula is C25H28O11. The second-order valence-electron chi connectivity index (χ2n) is 7.95. The Bertz CT molecular complexity index is 1110. The van der Waals surface area contributed by atoms with Gasteiger partial charge in [-0.15, -0.1) is 0 Å². The molecular weight excluding hydrogens is 476 g/mol. The van der Waals surface area contributed by atoms with E-state index < -0.39 is 43.3 Å². The Labute approximate surface area is 207 Å². The van der Waals surface area contributed by atoms with Gasteiger partial charge in [-0.3, -0.25) is 4.79 Å². The lowest BCUT2D eigenvalue weighted by atomic mass is 9.99. The molecule has 1 saturated heterocycles. The van der Waals surface area contributed by atoms with Crippen LogP contribution in [0.5, 0.6) is 23.0 Å². The van der Waals surface area contributed by atoms with Crippen LogP contribution in [-0.4, -0.2) is 83.7 Å². The van der Waals surface area contributed by atoms with Gasteiger partial charge < -0.3 is 44.1 Å². The van der Waals surface area contributed by atoms with Gasteiger partial charge in [-0.05, 0) is 48.9 Å². The first-order valence-electron chi connectivity index (χ1n) is 10.9. The second kappa shape index (κ2) is 11.9. The van der Waals surface area contributed by atoms with Crippen LogP contribution >= 0.6 is 0 Å². The van der Waals surface area contributed by atoms with Crippen molar-refractivity contribution < 1.29 is 53.7 Å². The Kier molecular flexibility index (Phi) is 8.88. The van der Waals surface area contributed by atoms with Crippen molar-refractivity contribution in [2.24, 2.45) is 0 Å². The van der Waals surface area contributed by atoms with Crippen molar-refractivity contribution in [3.05, 3.63) is 53.6 Å². The summed E-state index contributed by atoms with van der Waals surface area (Å²) in [4.78, 5) is 23.8. The SMILES string of the molecule is COc1cc(/C=C/C(=O)OC[C@H]2O[C@@H](Oc3ccc(C(C)=O)cc3OC)[C@H](O)[C@@H](O)[C@@H]2O)ccc1O. The van der Waals surface area contributed by atoms with E-state index in [1.807, 2.05) is 0 Å². The van der Waals surface area contributed by atoms with Gasteiger partial charge >= 0.3 is 5.97 Å². The molecule has 1 aliphatic heterocycles. The number of ketones is 1. The fraction of sp³-hybridized carbons (Fsp3) is 0.360. The van der Waals surface area contributed by atoms with E-state index >= 15 is 0 Å². The lowest BCUT2D eigenvalue weighted by Gasteiger charge is -2.40. The standard InChI is InChI=1S/C25H28O11/c1-13(26)15-6-8-17(19(11-15)33-3)35-25-24(31)23(30)22(29)20(36-25)12-34-21(28)9-5-14-4-7-16(27)18(10-14)32-2/h4-11,20,22-25,27,29-31H,12H2,1-3H3/b9-5+/t20-,22-,23+,24-,25-/m1/s1. The molecule has 0 radical (unpaired) electrons. The zero-order chi connectivity index (χ0) is 26.4. The van der Waals surface area contributed by atoms with Crippen molar-refractivity contribution in [3.8, 4) is 23.0 Å². The van der Waals surface area contributed by atoms with Gasteiger partial charge in [0.2, 0.25) is 6.29 Å². The van der Waals surface area contributed by atoms with Crippen LogP contribution in [0.3, 0.4) is 0 Å².